The lowest BCUT2D eigenvalue weighted by molar-refractivity contribution is -0.148. The molecule has 0 fully saturated rings. The summed E-state index contributed by atoms with van der Waals surface area (Å²) in [6.45, 7) is 10.9. The highest BCUT2D eigenvalue weighted by Crippen LogP contribution is 2.20. The summed E-state index contributed by atoms with van der Waals surface area (Å²) >= 11 is 0. The van der Waals surface area contributed by atoms with Gasteiger partial charge in [-0.15, -0.1) is 0 Å². The number of rotatable bonds is 10. The van der Waals surface area contributed by atoms with Crippen LogP contribution in [0.3, 0.4) is 0 Å². The molecule has 0 radical (unpaired) electrons. The van der Waals surface area contributed by atoms with E-state index in [2.05, 4.69) is 9.88 Å². The van der Waals surface area contributed by atoms with Crippen LogP contribution in [-0.2, 0) is 14.3 Å². The molecular weight excluding hydrogens is 396 g/mol. The molecule has 0 aliphatic carbocycles. The van der Waals surface area contributed by atoms with Gasteiger partial charge in [0.1, 0.15) is 11.8 Å². The summed E-state index contributed by atoms with van der Waals surface area (Å²) in [6, 6.07) is 10.1. The average Bonchev–Trinajstić information content (AvgIpc) is 3.03. The number of nitrogens with zero attached hydrogens (tertiary/aromatic N) is 1. The Balaban J connectivity index is 1.94. The molecule has 0 spiro atoms. The SMILES string of the molecule is Cc1cc(C(=O)COC(=O)[C@@H](NC(=O)COc2ccccc2)C(C)C)c(C)n1C(C)C. The van der Waals surface area contributed by atoms with E-state index in [4.69, 9.17) is 9.47 Å². The molecule has 31 heavy (non-hydrogen) atoms. The van der Waals surface area contributed by atoms with Crippen LogP contribution in [0, 0.1) is 19.8 Å². The quantitative estimate of drug-likeness (QED) is 0.461. The third kappa shape index (κ3) is 6.44. The van der Waals surface area contributed by atoms with E-state index in [9.17, 15) is 14.4 Å². The first-order chi connectivity index (χ1) is 14.6. The van der Waals surface area contributed by atoms with Crippen LogP contribution >= 0.6 is 0 Å². The fraction of sp³-hybridized carbons (Fsp3) is 0.458. The minimum Gasteiger partial charge on any atom is -0.484 e. The average molecular weight is 429 g/mol. The molecule has 168 valence electrons. The van der Waals surface area contributed by atoms with Gasteiger partial charge in [-0.1, -0.05) is 32.0 Å². The number of Topliss-reactive ketones (excluding diaryl/α,β-unsaturated/α-hetero) is 1. The lowest BCUT2D eigenvalue weighted by Gasteiger charge is -2.20. The predicted octanol–water partition coefficient (Wildman–Crippen LogP) is 3.63. The smallest absolute Gasteiger partial charge is 0.329 e. The van der Waals surface area contributed by atoms with Crippen LogP contribution in [0.1, 0.15) is 55.5 Å². The molecule has 2 rings (SSSR count). The fourth-order valence-corrected chi connectivity index (χ4v) is 3.54. The molecule has 0 bridgehead atoms. The summed E-state index contributed by atoms with van der Waals surface area (Å²) in [5, 5.41) is 2.64. The number of para-hydroxylation sites is 1. The maximum absolute atomic E-state index is 12.6. The molecule has 0 saturated carbocycles. The van der Waals surface area contributed by atoms with Gasteiger partial charge in [0.15, 0.2) is 13.2 Å². The Morgan fingerprint density at radius 2 is 1.65 bits per heavy atom. The van der Waals surface area contributed by atoms with Crippen molar-refractivity contribution < 1.29 is 23.9 Å². The second kappa shape index (κ2) is 10.8. The van der Waals surface area contributed by atoms with Crippen molar-refractivity contribution in [3.8, 4) is 5.75 Å². The Labute approximate surface area is 183 Å². The van der Waals surface area contributed by atoms with E-state index in [0.29, 0.717) is 11.3 Å². The number of nitrogens with one attached hydrogen (secondary N) is 1. The summed E-state index contributed by atoms with van der Waals surface area (Å²) < 4.78 is 12.7. The normalized spacial score (nSPS) is 12.0. The first kappa shape index (κ1) is 24.2. The Hall–Kier alpha value is -3.09. The van der Waals surface area contributed by atoms with Gasteiger partial charge >= 0.3 is 5.97 Å². The zero-order chi connectivity index (χ0) is 23.1. The fourth-order valence-electron chi connectivity index (χ4n) is 3.54. The first-order valence-electron chi connectivity index (χ1n) is 10.5. The largest absolute Gasteiger partial charge is 0.484 e. The van der Waals surface area contributed by atoms with Gasteiger partial charge in [0.2, 0.25) is 5.78 Å². The van der Waals surface area contributed by atoms with Crippen molar-refractivity contribution in [2.45, 2.75) is 53.6 Å². The predicted molar refractivity (Wildman–Crippen MR) is 118 cm³/mol. The van der Waals surface area contributed by atoms with Crippen LogP contribution in [0.5, 0.6) is 5.75 Å². The molecule has 1 atom stereocenters. The molecule has 0 aliphatic heterocycles. The topological polar surface area (TPSA) is 86.6 Å². The monoisotopic (exact) mass is 428 g/mol. The summed E-state index contributed by atoms with van der Waals surface area (Å²) in [5.41, 5.74) is 2.37. The zero-order valence-electron chi connectivity index (χ0n) is 19.1. The van der Waals surface area contributed by atoms with E-state index in [-0.39, 0.29) is 31.0 Å². The number of aromatic nitrogens is 1. The number of amides is 1. The number of carbonyl (C=O) groups is 3. The number of benzene rings is 1. The van der Waals surface area contributed by atoms with Crippen molar-refractivity contribution in [1.29, 1.82) is 0 Å². The van der Waals surface area contributed by atoms with Crippen LogP contribution in [0.4, 0.5) is 0 Å². The molecule has 1 aromatic heterocycles. The Kier molecular flexibility index (Phi) is 8.42. The molecule has 0 aliphatic rings. The number of carbonyl (C=O) groups excluding carboxylic acids is 3. The van der Waals surface area contributed by atoms with Crippen LogP contribution in [0.25, 0.3) is 0 Å². The third-order valence-electron chi connectivity index (χ3n) is 5.00. The molecule has 1 aromatic carbocycles. The molecule has 0 saturated heterocycles. The Morgan fingerprint density at radius 1 is 1.00 bits per heavy atom. The number of ketones is 1. The van der Waals surface area contributed by atoms with E-state index in [1.807, 2.05) is 39.8 Å². The van der Waals surface area contributed by atoms with Gasteiger partial charge < -0.3 is 19.4 Å². The Morgan fingerprint density at radius 3 is 2.19 bits per heavy atom. The van der Waals surface area contributed by atoms with Gasteiger partial charge in [-0.2, -0.15) is 0 Å². The van der Waals surface area contributed by atoms with Crippen molar-refractivity contribution in [2.24, 2.45) is 5.92 Å². The van der Waals surface area contributed by atoms with Gasteiger partial charge in [-0.25, -0.2) is 4.79 Å². The summed E-state index contributed by atoms with van der Waals surface area (Å²) in [4.78, 5) is 37.4. The van der Waals surface area contributed by atoms with Crippen molar-refractivity contribution >= 4 is 17.7 Å². The number of esters is 1. The van der Waals surface area contributed by atoms with E-state index < -0.39 is 17.9 Å². The highest BCUT2D eigenvalue weighted by Gasteiger charge is 2.27. The molecule has 7 nitrogen and oxygen atoms in total. The molecule has 0 unspecified atom stereocenters. The van der Waals surface area contributed by atoms with Crippen LogP contribution < -0.4 is 10.1 Å². The third-order valence-corrected chi connectivity index (χ3v) is 5.00. The van der Waals surface area contributed by atoms with Gasteiger partial charge in [0, 0.05) is 23.0 Å². The van der Waals surface area contributed by atoms with E-state index in [1.165, 1.54) is 0 Å². The van der Waals surface area contributed by atoms with E-state index in [1.54, 1.807) is 38.1 Å². The van der Waals surface area contributed by atoms with Crippen molar-refractivity contribution in [3.05, 3.63) is 53.3 Å². The van der Waals surface area contributed by atoms with Crippen LogP contribution in [-0.4, -0.2) is 41.5 Å². The zero-order valence-corrected chi connectivity index (χ0v) is 19.1. The molecule has 2 aromatic rings. The summed E-state index contributed by atoms with van der Waals surface area (Å²) in [5.74, 6) is -1.00. The molecule has 1 N–H and O–H groups in total. The minimum atomic E-state index is -0.872. The van der Waals surface area contributed by atoms with Crippen molar-refractivity contribution in [1.82, 2.24) is 9.88 Å². The summed E-state index contributed by atoms with van der Waals surface area (Å²) in [7, 11) is 0. The van der Waals surface area contributed by atoms with Crippen LogP contribution in [0.2, 0.25) is 0 Å². The highest BCUT2D eigenvalue weighted by molar-refractivity contribution is 5.99. The highest BCUT2D eigenvalue weighted by atomic mass is 16.5. The lowest BCUT2D eigenvalue weighted by atomic mass is 10.0. The molecular formula is C24H32N2O5. The van der Waals surface area contributed by atoms with Gasteiger partial charge in [-0.05, 0) is 51.8 Å². The Bertz CT molecular complexity index is 916. The maximum atomic E-state index is 12.6. The first-order valence-corrected chi connectivity index (χ1v) is 10.5. The standard InChI is InChI=1S/C24H32N2O5/c1-15(2)23(25-22(28)14-30-19-10-8-7-9-11-19)24(29)31-13-21(27)20-12-17(5)26(16(3)4)18(20)6/h7-12,15-16,23H,13-14H2,1-6H3,(H,25,28)/t23-/m0/s1. The van der Waals surface area contributed by atoms with E-state index in [0.717, 1.165) is 11.4 Å². The molecule has 1 heterocycles. The van der Waals surface area contributed by atoms with Crippen molar-refractivity contribution in [3.63, 3.8) is 0 Å². The summed E-state index contributed by atoms with van der Waals surface area (Å²) in [6.07, 6.45) is 0. The van der Waals surface area contributed by atoms with Gasteiger partial charge in [0.05, 0.1) is 0 Å². The second-order valence-corrected chi connectivity index (χ2v) is 8.17. The van der Waals surface area contributed by atoms with E-state index >= 15 is 0 Å². The maximum Gasteiger partial charge on any atom is 0.329 e. The van der Waals surface area contributed by atoms with Gasteiger partial charge in [0.25, 0.3) is 5.91 Å². The number of hydrogen-bond donors (Lipinski definition) is 1. The van der Waals surface area contributed by atoms with Crippen molar-refractivity contribution in [2.75, 3.05) is 13.2 Å². The number of ether oxygens (including phenoxy) is 2. The number of aryl methyl sites for hydroxylation is 1. The minimum absolute atomic E-state index is 0.214. The number of hydrogen-bond acceptors (Lipinski definition) is 5. The van der Waals surface area contributed by atoms with Crippen LogP contribution in [0.15, 0.2) is 36.4 Å². The molecule has 1 amide bonds. The second-order valence-electron chi connectivity index (χ2n) is 8.17. The molecule has 7 heteroatoms. The lowest BCUT2D eigenvalue weighted by Crippen LogP contribution is -2.47. The van der Waals surface area contributed by atoms with Gasteiger partial charge in [-0.3, -0.25) is 9.59 Å².